The lowest BCUT2D eigenvalue weighted by Gasteiger charge is -2.20. The molecule has 1 amide bonds. The summed E-state index contributed by atoms with van der Waals surface area (Å²) in [6.45, 7) is 2.40. The van der Waals surface area contributed by atoms with Gasteiger partial charge in [-0.3, -0.25) is 4.79 Å². The molecule has 0 N–H and O–H groups in total. The van der Waals surface area contributed by atoms with Crippen LogP contribution in [0.1, 0.15) is 25.3 Å². The minimum atomic E-state index is -0.244. The average Bonchev–Trinajstić information content (AvgIpc) is 3.12. The molecule has 0 spiro atoms. The van der Waals surface area contributed by atoms with Crippen molar-refractivity contribution in [3.8, 4) is 0 Å². The summed E-state index contributed by atoms with van der Waals surface area (Å²) < 4.78 is 12.8. The van der Waals surface area contributed by atoms with Gasteiger partial charge in [0.2, 0.25) is 5.91 Å². The molecular weight excluding hydrogens is 217 g/mol. The van der Waals surface area contributed by atoms with Gasteiger partial charge in [-0.2, -0.15) is 0 Å². The van der Waals surface area contributed by atoms with Gasteiger partial charge in [-0.15, -0.1) is 0 Å². The first-order chi connectivity index (χ1) is 8.20. The van der Waals surface area contributed by atoms with Crippen molar-refractivity contribution >= 4 is 5.91 Å². The average molecular weight is 233 g/mol. The van der Waals surface area contributed by atoms with E-state index in [0.717, 1.165) is 18.4 Å². The molecule has 1 aromatic carbocycles. The standard InChI is InChI=1S/C14H16FNO/c1-2-3-14(17)16(13-8-9-13)10-11-4-6-12(15)7-5-11/h2-7,13H,8-10H2,1H3. The maximum Gasteiger partial charge on any atom is 0.246 e. The summed E-state index contributed by atoms with van der Waals surface area (Å²) in [7, 11) is 0. The van der Waals surface area contributed by atoms with Gasteiger partial charge in [0.15, 0.2) is 0 Å². The van der Waals surface area contributed by atoms with Crippen LogP contribution in [-0.2, 0) is 11.3 Å². The maximum absolute atomic E-state index is 12.8. The van der Waals surface area contributed by atoms with Crippen LogP contribution in [-0.4, -0.2) is 16.8 Å². The third-order valence-corrected chi connectivity index (χ3v) is 2.85. The number of amides is 1. The molecule has 1 saturated carbocycles. The molecule has 1 fully saturated rings. The molecule has 0 aromatic heterocycles. The largest absolute Gasteiger partial charge is 0.332 e. The molecular formula is C14H16FNO. The molecule has 3 heteroatoms. The van der Waals surface area contributed by atoms with Crippen LogP contribution >= 0.6 is 0 Å². The van der Waals surface area contributed by atoms with Crippen LogP contribution in [0, 0.1) is 5.82 Å². The van der Waals surface area contributed by atoms with Gasteiger partial charge in [0.05, 0.1) is 0 Å². The Morgan fingerprint density at radius 1 is 1.41 bits per heavy atom. The zero-order valence-electron chi connectivity index (χ0n) is 9.90. The van der Waals surface area contributed by atoms with Crippen molar-refractivity contribution in [3.63, 3.8) is 0 Å². The highest BCUT2D eigenvalue weighted by atomic mass is 19.1. The number of halogens is 1. The van der Waals surface area contributed by atoms with Gasteiger partial charge in [0, 0.05) is 12.6 Å². The fraction of sp³-hybridized carbons (Fsp3) is 0.357. The Hall–Kier alpha value is -1.64. The third kappa shape index (κ3) is 3.16. The van der Waals surface area contributed by atoms with Crippen LogP contribution in [0.4, 0.5) is 4.39 Å². The van der Waals surface area contributed by atoms with Gasteiger partial charge in [-0.25, -0.2) is 4.39 Å². The van der Waals surface area contributed by atoms with E-state index in [1.54, 1.807) is 24.3 Å². The molecule has 1 aliphatic rings. The Kier molecular flexibility index (Phi) is 3.57. The molecule has 0 aliphatic heterocycles. The third-order valence-electron chi connectivity index (χ3n) is 2.85. The molecule has 90 valence electrons. The van der Waals surface area contributed by atoms with Gasteiger partial charge in [-0.1, -0.05) is 18.2 Å². The van der Waals surface area contributed by atoms with E-state index in [9.17, 15) is 9.18 Å². The van der Waals surface area contributed by atoms with E-state index in [1.165, 1.54) is 12.1 Å². The number of nitrogens with zero attached hydrogens (tertiary/aromatic N) is 1. The maximum atomic E-state index is 12.8. The van der Waals surface area contributed by atoms with Crippen molar-refractivity contribution in [3.05, 3.63) is 47.8 Å². The van der Waals surface area contributed by atoms with Crippen molar-refractivity contribution in [2.24, 2.45) is 0 Å². The molecule has 1 aliphatic carbocycles. The first-order valence-corrected chi connectivity index (χ1v) is 5.88. The number of carbonyl (C=O) groups excluding carboxylic acids is 1. The van der Waals surface area contributed by atoms with Crippen LogP contribution in [0.25, 0.3) is 0 Å². The minimum Gasteiger partial charge on any atom is -0.332 e. The SMILES string of the molecule is CC=CC(=O)N(Cc1ccc(F)cc1)C1CC1. The molecule has 2 nitrogen and oxygen atoms in total. The number of rotatable bonds is 4. The molecule has 0 bridgehead atoms. The van der Waals surface area contributed by atoms with Gasteiger partial charge in [0.25, 0.3) is 0 Å². The van der Waals surface area contributed by atoms with Crippen molar-refractivity contribution in [2.75, 3.05) is 0 Å². The number of benzene rings is 1. The summed E-state index contributed by atoms with van der Waals surface area (Å²) in [5.41, 5.74) is 0.969. The quantitative estimate of drug-likeness (QED) is 0.732. The highest BCUT2D eigenvalue weighted by molar-refractivity contribution is 5.88. The monoisotopic (exact) mass is 233 g/mol. The summed E-state index contributed by atoms with van der Waals surface area (Å²) in [5, 5.41) is 0. The van der Waals surface area contributed by atoms with Crippen LogP contribution in [0.3, 0.4) is 0 Å². The predicted octanol–water partition coefficient (Wildman–Crippen LogP) is 2.89. The van der Waals surface area contributed by atoms with E-state index in [2.05, 4.69) is 0 Å². The van der Waals surface area contributed by atoms with Crippen LogP contribution in [0.15, 0.2) is 36.4 Å². The normalized spacial score (nSPS) is 15.2. The number of allylic oxidation sites excluding steroid dienone is 1. The van der Waals surface area contributed by atoms with Crippen molar-refractivity contribution in [2.45, 2.75) is 32.4 Å². The fourth-order valence-corrected chi connectivity index (χ4v) is 1.80. The first kappa shape index (κ1) is 11.8. The van der Waals surface area contributed by atoms with Crippen LogP contribution < -0.4 is 0 Å². The molecule has 0 saturated heterocycles. The minimum absolute atomic E-state index is 0.0410. The second kappa shape index (κ2) is 5.13. The summed E-state index contributed by atoms with van der Waals surface area (Å²) in [4.78, 5) is 13.7. The van der Waals surface area contributed by atoms with Gasteiger partial charge in [0.1, 0.15) is 5.82 Å². The summed E-state index contributed by atoms with van der Waals surface area (Å²) in [5.74, 6) is -0.203. The number of hydrogen-bond acceptors (Lipinski definition) is 1. The second-order valence-corrected chi connectivity index (χ2v) is 4.32. The van der Waals surface area contributed by atoms with E-state index in [0.29, 0.717) is 12.6 Å². The van der Waals surface area contributed by atoms with E-state index in [1.807, 2.05) is 11.8 Å². The van der Waals surface area contributed by atoms with Gasteiger partial charge >= 0.3 is 0 Å². The van der Waals surface area contributed by atoms with Crippen LogP contribution in [0.5, 0.6) is 0 Å². The van der Waals surface area contributed by atoms with Crippen molar-refractivity contribution < 1.29 is 9.18 Å². The number of hydrogen-bond donors (Lipinski definition) is 0. The topological polar surface area (TPSA) is 20.3 Å². The zero-order valence-corrected chi connectivity index (χ0v) is 9.90. The Morgan fingerprint density at radius 2 is 2.06 bits per heavy atom. The molecule has 0 unspecified atom stereocenters. The van der Waals surface area contributed by atoms with E-state index in [-0.39, 0.29) is 11.7 Å². The lowest BCUT2D eigenvalue weighted by molar-refractivity contribution is -0.127. The highest BCUT2D eigenvalue weighted by Gasteiger charge is 2.31. The molecule has 2 rings (SSSR count). The molecule has 0 heterocycles. The molecule has 1 aromatic rings. The van der Waals surface area contributed by atoms with Crippen molar-refractivity contribution in [1.29, 1.82) is 0 Å². The molecule has 0 atom stereocenters. The van der Waals surface area contributed by atoms with E-state index < -0.39 is 0 Å². The molecule has 0 radical (unpaired) electrons. The zero-order chi connectivity index (χ0) is 12.3. The second-order valence-electron chi connectivity index (χ2n) is 4.32. The Bertz CT molecular complexity index is 420. The van der Waals surface area contributed by atoms with Crippen molar-refractivity contribution in [1.82, 2.24) is 4.90 Å². The Morgan fingerprint density at radius 3 is 2.59 bits per heavy atom. The lowest BCUT2D eigenvalue weighted by atomic mass is 10.2. The van der Waals surface area contributed by atoms with E-state index in [4.69, 9.17) is 0 Å². The summed E-state index contributed by atoms with van der Waals surface area (Å²) in [6.07, 6.45) is 5.49. The fourth-order valence-electron chi connectivity index (χ4n) is 1.80. The van der Waals surface area contributed by atoms with E-state index >= 15 is 0 Å². The summed E-state index contributed by atoms with van der Waals surface area (Å²) >= 11 is 0. The van der Waals surface area contributed by atoms with Gasteiger partial charge < -0.3 is 4.90 Å². The number of carbonyl (C=O) groups is 1. The predicted molar refractivity (Wildman–Crippen MR) is 64.8 cm³/mol. The lowest BCUT2D eigenvalue weighted by Crippen LogP contribution is -2.31. The Balaban J connectivity index is 2.07. The first-order valence-electron chi connectivity index (χ1n) is 5.88. The van der Waals surface area contributed by atoms with Gasteiger partial charge in [-0.05, 0) is 43.5 Å². The highest BCUT2D eigenvalue weighted by Crippen LogP contribution is 2.28. The Labute approximate surface area is 101 Å². The molecule has 17 heavy (non-hydrogen) atoms. The smallest absolute Gasteiger partial charge is 0.246 e. The summed E-state index contributed by atoms with van der Waals surface area (Å²) in [6, 6.07) is 6.69. The van der Waals surface area contributed by atoms with Crippen LogP contribution in [0.2, 0.25) is 0 Å².